The Morgan fingerprint density at radius 2 is 2.05 bits per heavy atom. The van der Waals surface area contributed by atoms with Crippen molar-refractivity contribution in [1.29, 1.82) is 0 Å². The molecule has 1 N–H and O–H groups in total. The van der Waals surface area contributed by atoms with E-state index >= 15 is 0 Å². The van der Waals surface area contributed by atoms with Gasteiger partial charge in [0.2, 0.25) is 5.91 Å². The molecule has 1 atom stereocenters. The lowest BCUT2D eigenvalue weighted by Gasteiger charge is -2.14. The Morgan fingerprint density at radius 1 is 1.35 bits per heavy atom. The maximum Gasteiger partial charge on any atom is 0.249 e. The van der Waals surface area contributed by atoms with E-state index in [2.05, 4.69) is 24.4 Å². The Morgan fingerprint density at radius 3 is 2.65 bits per heavy atom. The summed E-state index contributed by atoms with van der Waals surface area (Å²) in [7, 11) is 0. The number of aryl methyl sites for hydroxylation is 3. The maximum absolute atomic E-state index is 11.7. The quantitative estimate of drug-likeness (QED) is 0.840. The maximum atomic E-state index is 11.7. The molecule has 1 fully saturated rings. The largest absolute Gasteiger partial charge is 0.491 e. The van der Waals surface area contributed by atoms with Gasteiger partial charge in [-0.3, -0.25) is 4.79 Å². The van der Waals surface area contributed by atoms with Gasteiger partial charge in [0, 0.05) is 6.61 Å². The van der Waals surface area contributed by atoms with E-state index < -0.39 is 0 Å². The average Bonchev–Trinajstić information content (AvgIpc) is 2.90. The zero-order valence-corrected chi connectivity index (χ0v) is 12.5. The molecule has 0 saturated carbocycles. The molecule has 0 aromatic heterocycles. The van der Waals surface area contributed by atoms with Crippen LogP contribution in [0.5, 0.6) is 5.75 Å². The minimum Gasteiger partial charge on any atom is -0.491 e. The fourth-order valence-corrected chi connectivity index (χ4v) is 2.62. The third kappa shape index (κ3) is 3.73. The van der Waals surface area contributed by atoms with Crippen molar-refractivity contribution in [3.63, 3.8) is 0 Å². The van der Waals surface area contributed by atoms with E-state index in [0.29, 0.717) is 19.8 Å². The molecule has 0 spiro atoms. The third-order valence-electron chi connectivity index (χ3n) is 3.47. The highest BCUT2D eigenvalue weighted by molar-refractivity contribution is 5.80. The fourth-order valence-electron chi connectivity index (χ4n) is 2.62. The summed E-state index contributed by atoms with van der Waals surface area (Å²) in [5.74, 6) is 0.894. The van der Waals surface area contributed by atoms with Crippen LogP contribution in [0.4, 0.5) is 0 Å². The summed E-state index contributed by atoms with van der Waals surface area (Å²) in [5.41, 5.74) is 3.50. The molecular formula is C16H23NO3. The molecule has 2 rings (SSSR count). The smallest absolute Gasteiger partial charge is 0.249 e. The summed E-state index contributed by atoms with van der Waals surface area (Å²) in [6.07, 6.45) is 1.53. The van der Waals surface area contributed by atoms with E-state index in [0.717, 1.165) is 29.7 Å². The molecule has 1 aliphatic heterocycles. The van der Waals surface area contributed by atoms with Crippen LogP contribution in [-0.2, 0) is 9.53 Å². The molecule has 110 valence electrons. The zero-order valence-electron chi connectivity index (χ0n) is 12.5. The molecule has 0 bridgehead atoms. The molecule has 4 nitrogen and oxygen atoms in total. The first-order valence-electron chi connectivity index (χ1n) is 7.18. The molecule has 1 amide bonds. The molecule has 0 aliphatic carbocycles. The number of carbonyl (C=O) groups is 1. The van der Waals surface area contributed by atoms with Gasteiger partial charge in [0.25, 0.3) is 0 Å². The van der Waals surface area contributed by atoms with Gasteiger partial charge in [-0.15, -0.1) is 0 Å². The Hall–Kier alpha value is -1.55. The standard InChI is InChI=1S/C16H23NO3/c1-11-9-12(2)15(13(3)10-11)20-8-6-17-16(18)14-5-4-7-19-14/h9-10,14H,4-8H2,1-3H3,(H,17,18). The number of benzene rings is 1. The van der Waals surface area contributed by atoms with Crippen molar-refractivity contribution >= 4 is 5.91 Å². The lowest BCUT2D eigenvalue weighted by Crippen LogP contribution is -2.36. The van der Waals surface area contributed by atoms with Crippen molar-refractivity contribution in [2.75, 3.05) is 19.8 Å². The third-order valence-corrected chi connectivity index (χ3v) is 3.47. The Kier molecular flexibility index (Phi) is 5.01. The van der Waals surface area contributed by atoms with Crippen LogP contribution >= 0.6 is 0 Å². The predicted octanol–water partition coefficient (Wildman–Crippen LogP) is 2.29. The fraction of sp³-hybridized carbons (Fsp3) is 0.562. The first-order valence-corrected chi connectivity index (χ1v) is 7.18. The predicted molar refractivity (Wildman–Crippen MR) is 78.1 cm³/mol. The molecule has 1 aromatic rings. The number of ether oxygens (including phenoxy) is 2. The topological polar surface area (TPSA) is 47.6 Å². The van der Waals surface area contributed by atoms with Gasteiger partial charge in [-0.2, -0.15) is 0 Å². The summed E-state index contributed by atoms with van der Waals surface area (Å²) in [6, 6.07) is 4.21. The van der Waals surface area contributed by atoms with Crippen LogP contribution < -0.4 is 10.1 Å². The van der Waals surface area contributed by atoms with Crippen LogP contribution in [-0.4, -0.2) is 31.8 Å². The van der Waals surface area contributed by atoms with Gasteiger partial charge in [-0.05, 0) is 44.7 Å². The van der Waals surface area contributed by atoms with Crippen molar-refractivity contribution in [2.24, 2.45) is 0 Å². The van der Waals surface area contributed by atoms with E-state index in [1.54, 1.807) is 0 Å². The van der Waals surface area contributed by atoms with Gasteiger partial charge in [-0.1, -0.05) is 17.7 Å². The number of nitrogens with one attached hydrogen (secondary N) is 1. The summed E-state index contributed by atoms with van der Waals surface area (Å²) in [6.45, 7) is 7.83. The van der Waals surface area contributed by atoms with Gasteiger partial charge in [0.1, 0.15) is 18.5 Å². The SMILES string of the molecule is Cc1cc(C)c(OCCNC(=O)C2CCCO2)c(C)c1. The van der Waals surface area contributed by atoms with Crippen molar-refractivity contribution in [1.82, 2.24) is 5.32 Å². The van der Waals surface area contributed by atoms with E-state index in [1.807, 2.05) is 13.8 Å². The van der Waals surface area contributed by atoms with Crippen LogP contribution in [0, 0.1) is 20.8 Å². The molecule has 1 unspecified atom stereocenters. The molecular weight excluding hydrogens is 254 g/mol. The van der Waals surface area contributed by atoms with Gasteiger partial charge >= 0.3 is 0 Å². The lowest BCUT2D eigenvalue weighted by atomic mass is 10.1. The van der Waals surface area contributed by atoms with Crippen LogP contribution in [0.15, 0.2) is 12.1 Å². The van der Waals surface area contributed by atoms with Gasteiger partial charge < -0.3 is 14.8 Å². The first kappa shape index (κ1) is 14.9. The van der Waals surface area contributed by atoms with Gasteiger partial charge in [0.15, 0.2) is 0 Å². The molecule has 1 aromatic carbocycles. The molecule has 20 heavy (non-hydrogen) atoms. The van der Waals surface area contributed by atoms with Crippen molar-refractivity contribution in [3.8, 4) is 5.75 Å². The second-order valence-electron chi connectivity index (χ2n) is 5.37. The molecule has 1 heterocycles. The monoisotopic (exact) mass is 277 g/mol. The molecule has 1 aliphatic rings. The number of hydrogen-bond donors (Lipinski definition) is 1. The normalized spacial score (nSPS) is 18.1. The summed E-state index contributed by atoms with van der Waals surface area (Å²) >= 11 is 0. The van der Waals surface area contributed by atoms with Crippen LogP contribution in [0.3, 0.4) is 0 Å². The van der Waals surface area contributed by atoms with Crippen LogP contribution in [0.1, 0.15) is 29.5 Å². The van der Waals surface area contributed by atoms with Gasteiger partial charge in [0.05, 0.1) is 6.54 Å². The van der Waals surface area contributed by atoms with Crippen LogP contribution in [0.2, 0.25) is 0 Å². The lowest BCUT2D eigenvalue weighted by molar-refractivity contribution is -0.130. The van der Waals surface area contributed by atoms with Gasteiger partial charge in [-0.25, -0.2) is 0 Å². The van der Waals surface area contributed by atoms with Crippen molar-refractivity contribution in [3.05, 3.63) is 28.8 Å². The highest BCUT2D eigenvalue weighted by atomic mass is 16.5. The molecule has 4 heteroatoms. The van der Waals surface area contributed by atoms with Crippen LogP contribution in [0.25, 0.3) is 0 Å². The average molecular weight is 277 g/mol. The second-order valence-corrected chi connectivity index (χ2v) is 5.37. The Bertz CT molecular complexity index is 456. The van der Waals surface area contributed by atoms with E-state index in [9.17, 15) is 4.79 Å². The Balaban J connectivity index is 1.77. The second kappa shape index (κ2) is 6.75. The first-order chi connectivity index (χ1) is 9.58. The zero-order chi connectivity index (χ0) is 14.5. The summed E-state index contributed by atoms with van der Waals surface area (Å²) in [5, 5.41) is 2.86. The highest BCUT2D eigenvalue weighted by Gasteiger charge is 2.22. The molecule has 1 saturated heterocycles. The van der Waals surface area contributed by atoms with Crippen molar-refractivity contribution < 1.29 is 14.3 Å². The van der Waals surface area contributed by atoms with Crippen molar-refractivity contribution in [2.45, 2.75) is 39.7 Å². The summed E-state index contributed by atoms with van der Waals surface area (Å²) < 4.78 is 11.1. The van der Waals surface area contributed by atoms with E-state index in [4.69, 9.17) is 9.47 Å². The molecule has 0 radical (unpaired) electrons. The number of carbonyl (C=O) groups excluding carboxylic acids is 1. The number of amides is 1. The van der Waals surface area contributed by atoms with E-state index in [-0.39, 0.29) is 12.0 Å². The minimum absolute atomic E-state index is 0.0246. The number of rotatable bonds is 5. The Labute approximate surface area is 120 Å². The highest BCUT2D eigenvalue weighted by Crippen LogP contribution is 2.24. The minimum atomic E-state index is -0.266. The van der Waals surface area contributed by atoms with E-state index in [1.165, 1.54) is 5.56 Å². The summed E-state index contributed by atoms with van der Waals surface area (Å²) in [4.78, 5) is 11.7. The number of hydrogen-bond acceptors (Lipinski definition) is 3.